The highest BCUT2D eigenvalue weighted by atomic mass is 16.1. The van der Waals surface area contributed by atoms with Gasteiger partial charge in [0.25, 0.3) is 0 Å². The van der Waals surface area contributed by atoms with Crippen molar-refractivity contribution < 1.29 is 14.4 Å². The number of hydrogen-bond donors (Lipinski definition) is 1. The predicted molar refractivity (Wildman–Crippen MR) is 65.7 cm³/mol. The average Bonchev–Trinajstić information content (AvgIpc) is 2.35. The van der Waals surface area contributed by atoms with Crippen LogP contribution in [0.1, 0.15) is 63.4 Å². The Bertz CT molecular complexity index is 392. The van der Waals surface area contributed by atoms with E-state index in [1.807, 2.05) is 13.8 Å². The molecule has 0 rings (SSSR count). The van der Waals surface area contributed by atoms with Gasteiger partial charge in [-0.05, 0) is 31.0 Å². The summed E-state index contributed by atoms with van der Waals surface area (Å²) >= 11 is 0. The van der Waals surface area contributed by atoms with E-state index < -0.39 is 30.9 Å². The second-order valence-corrected chi connectivity index (χ2v) is 4.02. The summed E-state index contributed by atoms with van der Waals surface area (Å²) in [4.78, 5) is 12.3. The van der Waals surface area contributed by atoms with Crippen LogP contribution in [0.5, 0.6) is 0 Å². The molecule has 0 aromatic heterocycles. The molecule has 90 valence electrons. The lowest BCUT2D eigenvalue weighted by Gasteiger charge is -2.17. The van der Waals surface area contributed by atoms with Gasteiger partial charge in [-0.1, -0.05) is 34.5 Å². The Balaban J connectivity index is 5.47. The number of carbonyl (C=O) groups excluding carboxylic acids is 1. The van der Waals surface area contributed by atoms with Gasteiger partial charge < -0.3 is 5.32 Å². The Morgan fingerprint density at radius 1 is 1.53 bits per heavy atom. The summed E-state index contributed by atoms with van der Waals surface area (Å²) in [5.41, 5.74) is 0. The first-order chi connectivity index (χ1) is 9.65. The van der Waals surface area contributed by atoms with Gasteiger partial charge in [0.05, 0.1) is 0 Å². The molecule has 1 N–H and O–H groups in total. The van der Waals surface area contributed by atoms with Gasteiger partial charge in [0.1, 0.15) is 0 Å². The summed E-state index contributed by atoms with van der Waals surface area (Å²) in [6, 6.07) is 0. The van der Waals surface area contributed by atoms with Crippen molar-refractivity contribution in [1.82, 2.24) is 5.32 Å². The van der Waals surface area contributed by atoms with Gasteiger partial charge in [0.2, 0.25) is 5.91 Å². The molecule has 0 bridgehead atoms. The first-order valence-corrected chi connectivity index (χ1v) is 5.43. The summed E-state index contributed by atoms with van der Waals surface area (Å²) in [6.07, 6.45) is -2.40. The maximum Gasteiger partial charge on any atom is 0.223 e. The van der Waals surface area contributed by atoms with Crippen LogP contribution < -0.4 is 5.32 Å². The van der Waals surface area contributed by atoms with E-state index in [-0.39, 0.29) is 13.0 Å². The molecule has 0 saturated carbocycles. The molecule has 0 aliphatic rings. The Hall–Kier alpha value is -0.530. The predicted octanol–water partition coefficient (Wildman–Crippen LogP) is 3.22. The van der Waals surface area contributed by atoms with Gasteiger partial charge in [-0.2, -0.15) is 0 Å². The van der Waals surface area contributed by atoms with Crippen molar-refractivity contribution in [2.75, 3.05) is 6.54 Å². The maximum atomic E-state index is 12.3. The first kappa shape index (κ1) is 6.27. The molecule has 2 atom stereocenters. The Morgan fingerprint density at radius 3 is 2.67 bits per heavy atom. The molecular weight excluding hydrogens is 186 g/mol. The maximum absolute atomic E-state index is 12.3. The third-order valence-electron chi connectivity index (χ3n) is 1.97. The fourth-order valence-corrected chi connectivity index (χ4v) is 1.11. The molecule has 2 nitrogen and oxygen atoms in total. The fourth-order valence-electron chi connectivity index (χ4n) is 1.11. The van der Waals surface area contributed by atoms with Crippen LogP contribution in [0.2, 0.25) is 0 Å². The van der Waals surface area contributed by atoms with E-state index in [1.54, 1.807) is 0 Å². The number of carbonyl (C=O) groups is 1. The highest BCUT2D eigenvalue weighted by molar-refractivity contribution is 5.78. The van der Waals surface area contributed by atoms with Crippen molar-refractivity contribution in [3.63, 3.8) is 0 Å². The summed E-state index contributed by atoms with van der Waals surface area (Å²) in [5, 5.41) is 2.50. The van der Waals surface area contributed by atoms with Gasteiger partial charge in [-0.25, -0.2) is 0 Å². The second-order valence-electron chi connectivity index (χ2n) is 4.02. The van der Waals surface area contributed by atoms with Crippen LogP contribution in [0.25, 0.3) is 0 Å². The van der Waals surface area contributed by atoms with Crippen molar-refractivity contribution >= 4 is 5.91 Å². The third-order valence-corrected chi connectivity index (χ3v) is 1.97. The molecule has 15 heavy (non-hydrogen) atoms. The molecule has 0 aromatic rings. The molecule has 0 aromatic carbocycles. The van der Waals surface area contributed by atoms with E-state index >= 15 is 0 Å². The van der Waals surface area contributed by atoms with Crippen molar-refractivity contribution in [1.29, 1.82) is 0 Å². The van der Waals surface area contributed by atoms with E-state index in [0.29, 0.717) is 12.3 Å². The minimum Gasteiger partial charge on any atom is -0.356 e. The van der Waals surface area contributed by atoms with E-state index in [9.17, 15) is 4.79 Å². The van der Waals surface area contributed by atoms with Gasteiger partial charge in [0.15, 0.2) is 0 Å². The molecule has 0 heterocycles. The van der Waals surface area contributed by atoms with Crippen LogP contribution >= 0.6 is 0 Å². The lowest BCUT2D eigenvalue weighted by molar-refractivity contribution is -0.125. The van der Waals surface area contributed by atoms with E-state index in [4.69, 9.17) is 9.60 Å². The van der Waals surface area contributed by atoms with Crippen molar-refractivity contribution in [2.45, 2.75) is 53.8 Å². The molecular formula is C13H27NO. The van der Waals surface area contributed by atoms with Crippen LogP contribution in [0.15, 0.2) is 0 Å². The third kappa shape index (κ3) is 7.40. The van der Waals surface area contributed by atoms with Crippen LogP contribution in [0.4, 0.5) is 0 Å². The fraction of sp³-hybridized carbons (Fsp3) is 0.923. The van der Waals surface area contributed by atoms with E-state index in [1.165, 1.54) is 6.92 Å². The minimum absolute atomic E-state index is 0.224. The van der Waals surface area contributed by atoms with Crippen molar-refractivity contribution in [3.8, 4) is 0 Å². The standard InChI is InChI=1S/C13H27NO/c1-6-12(9-11(4)5)13(15)14-8-7-10(2)3/h10-12H,6-9H2,1-5H3,(H,14,15)/t12-/m1/s1/i4D3,9D2,11D,12D/t11?,12-. The van der Waals surface area contributed by atoms with Crippen LogP contribution in [0.3, 0.4) is 0 Å². The molecule has 0 fully saturated rings. The van der Waals surface area contributed by atoms with Gasteiger partial charge in [0, 0.05) is 22.0 Å². The van der Waals surface area contributed by atoms with Crippen LogP contribution in [-0.2, 0) is 4.79 Å². The molecule has 0 saturated heterocycles. The number of amides is 1. The minimum atomic E-state index is -2.95. The van der Waals surface area contributed by atoms with Gasteiger partial charge >= 0.3 is 0 Å². The quantitative estimate of drug-likeness (QED) is 0.701. The lowest BCUT2D eigenvalue weighted by Crippen LogP contribution is -2.32. The Kier molecular flexibility index (Phi) is 3.23. The Labute approximate surface area is 105 Å². The summed E-state index contributed by atoms with van der Waals surface area (Å²) in [7, 11) is 0. The van der Waals surface area contributed by atoms with Crippen LogP contribution in [0, 0.1) is 17.7 Å². The van der Waals surface area contributed by atoms with Gasteiger partial charge in [-0.3, -0.25) is 4.79 Å². The molecule has 0 radical (unpaired) electrons. The number of hydrogen-bond acceptors (Lipinski definition) is 1. The lowest BCUT2D eigenvalue weighted by atomic mass is 9.94. The first-order valence-electron chi connectivity index (χ1n) is 8.93. The normalized spacial score (nSPS) is 27.9. The molecule has 0 aliphatic carbocycles. The van der Waals surface area contributed by atoms with Gasteiger partial charge in [-0.15, -0.1) is 0 Å². The molecule has 0 spiro atoms. The topological polar surface area (TPSA) is 29.1 Å². The zero-order valence-electron chi connectivity index (χ0n) is 17.1. The SMILES string of the molecule is [2H]C([2H])([2H])C([2H])(C)C([2H])([2H])[C@@]([2H])(CC)C(=O)NCCC(C)C. The van der Waals surface area contributed by atoms with Crippen molar-refractivity contribution in [3.05, 3.63) is 0 Å². The summed E-state index contributed by atoms with van der Waals surface area (Å²) in [5.74, 6) is -5.45. The zero-order valence-corrected chi connectivity index (χ0v) is 10.1. The Morgan fingerprint density at radius 2 is 2.20 bits per heavy atom. The van der Waals surface area contributed by atoms with E-state index in [0.717, 1.165) is 6.92 Å². The molecule has 2 heteroatoms. The highest BCUT2D eigenvalue weighted by Gasteiger charge is 2.16. The largest absolute Gasteiger partial charge is 0.356 e. The summed E-state index contributed by atoms with van der Waals surface area (Å²) in [6.45, 7) is 3.64. The number of nitrogens with one attached hydrogen (secondary N) is 1. The van der Waals surface area contributed by atoms with Crippen molar-refractivity contribution in [2.24, 2.45) is 17.7 Å². The second kappa shape index (κ2) is 7.72. The van der Waals surface area contributed by atoms with Crippen LogP contribution in [-0.4, -0.2) is 12.5 Å². The monoisotopic (exact) mass is 220 g/mol. The average molecular weight is 220 g/mol. The van der Waals surface area contributed by atoms with E-state index in [2.05, 4.69) is 5.32 Å². The molecule has 0 aliphatic heterocycles. The molecule has 1 amide bonds. The number of rotatable bonds is 7. The smallest absolute Gasteiger partial charge is 0.223 e. The summed E-state index contributed by atoms with van der Waals surface area (Å²) < 4.78 is 54.4. The zero-order chi connectivity index (χ0) is 18.0. The molecule has 1 unspecified atom stereocenters. The highest BCUT2D eigenvalue weighted by Crippen LogP contribution is 2.15.